The summed E-state index contributed by atoms with van der Waals surface area (Å²) in [4.78, 5) is 20.2. The molecular formula is C18H21N5O3. The molecular weight excluding hydrogens is 334 g/mol. The van der Waals surface area contributed by atoms with Crippen molar-refractivity contribution in [3.8, 4) is 17.6 Å². The number of carbonyl (C=O) groups excluding carboxylic acids is 1. The Morgan fingerprint density at radius 1 is 1.27 bits per heavy atom. The number of fused-ring (bicyclic) bond motifs is 1. The zero-order valence-electron chi connectivity index (χ0n) is 14.6. The van der Waals surface area contributed by atoms with Crippen molar-refractivity contribution in [2.75, 3.05) is 6.54 Å². The van der Waals surface area contributed by atoms with Crippen molar-refractivity contribution >= 4 is 11.7 Å². The van der Waals surface area contributed by atoms with Crippen LogP contribution in [0.1, 0.15) is 31.9 Å². The fourth-order valence-electron chi connectivity index (χ4n) is 2.43. The highest BCUT2D eigenvalue weighted by Crippen LogP contribution is 2.20. The molecule has 0 aliphatic heterocycles. The Morgan fingerprint density at radius 3 is 2.85 bits per heavy atom. The molecule has 3 aromatic rings. The Balaban J connectivity index is 1.66. The number of benzene rings is 1. The standard InChI is InChI=1S/C18H21N5O3/c1-2-11-19-15(24)10-6-7-13-12-16(25)23-17(20-13)21-18(22-23)26-14-8-4-3-5-9-14/h3-5,8-9,12,25H,2,6-7,10-11H2,1H3,(H,19,24). The number of amides is 1. The van der Waals surface area contributed by atoms with Crippen LogP contribution in [0.25, 0.3) is 5.78 Å². The van der Waals surface area contributed by atoms with E-state index in [4.69, 9.17) is 4.74 Å². The van der Waals surface area contributed by atoms with Crippen LogP contribution in [0.2, 0.25) is 0 Å². The lowest BCUT2D eigenvalue weighted by Crippen LogP contribution is -2.23. The summed E-state index contributed by atoms with van der Waals surface area (Å²) in [5.74, 6) is 0.802. The molecule has 8 heteroatoms. The van der Waals surface area contributed by atoms with Crippen LogP contribution in [0.3, 0.4) is 0 Å². The number of nitrogens with zero attached hydrogens (tertiary/aromatic N) is 4. The minimum Gasteiger partial charge on any atom is -0.493 e. The quantitative estimate of drug-likeness (QED) is 0.644. The predicted molar refractivity (Wildman–Crippen MR) is 95.2 cm³/mol. The van der Waals surface area contributed by atoms with Gasteiger partial charge in [0.1, 0.15) is 5.75 Å². The molecule has 0 aliphatic carbocycles. The van der Waals surface area contributed by atoms with Gasteiger partial charge in [0.15, 0.2) is 0 Å². The summed E-state index contributed by atoms with van der Waals surface area (Å²) < 4.78 is 6.78. The van der Waals surface area contributed by atoms with Crippen molar-refractivity contribution < 1.29 is 14.6 Å². The smallest absolute Gasteiger partial charge is 0.343 e. The Kier molecular flexibility index (Phi) is 5.62. The minimum atomic E-state index is -0.0733. The molecule has 0 aliphatic rings. The number of ether oxygens (including phenoxy) is 1. The molecule has 2 N–H and O–H groups in total. The molecule has 2 aromatic heterocycles. The maximum atomic E-state index is 11.6. The minimum absolute atomic E-state index is 0.0261. The first kappa shape index (κ1) is 17.7. The lowest BCUT2D eigenvalue weighted by molar-refractivity contribution is -0.121. The van der Waals surface area contributed by atoms with E-state index in [2.05, 4.69) is 20.4 Å². The summed E-state index contributed by atoms with van der Waals surface area (Å²) in [6.07, 6.45) is 2.53. The Morgan fingerprint density at radius 2 is 2.08 bits per heavy atom. The molecule has 1 amide bonds. The molecule has 8 nitrogen and oxygen atoms in total. The number of para-hydroxylation sites is 1. The molecule has 0 spiro atoms. The number of rotatable bonds is 8. The lowest BCUT2D eigenvalue weighted by atomic mass is 10.2. The van der Waals surface area contributed by atoms with Crippen molar-refractivity contribution in [1.29, 1.82) is 0 Å². The van der Waals surface area contributed by atoms with E-state index in [0.29, 0.717) is 37.3 Å². The van der Waals surface area contributed by atoms with E-state index in [1.165, 1.54) is 10.6 Å². The number of hydrogen-bond donors (Lipinski definition) is 2. The van der Waals surface area contributed by atoms with Crippen molar-refractivity contribution in [2.45, 2.75) is 32.6 Å². The van der Waals surface area contributed by atoms with E-state index in [1.54, 1.807) is 12.1 Å². The van der Waals surface area contributed by atoms with Crippen LogP contribution in [0.4, 0.5) is 0 Å². The molecule has 26 heavy (non-hydrogen) atoms. The number of carbonyl (C=O) groups is 1. The highest BCUT2D eigenvalue weighted by molar-refractivity contribution is 5.75. The zero-order chi connectivity index (χ0) is 18.4. The average molecular weight is 355 g/mol. The van der Waals surface area contributed by atoms with Gasteiger partial charge in [0, 0.05) is 24.7 Å². The summed E-state index contributed by atoms with van der Waals surface area (Å²) in [5, 5.41) is 17.1. The molecule has 136 valence electrons. The van der Waals surface area contributed by atoms with Gasteiger partial charge in [-0.25, -0.2) is 4.98 Å². The second-order valence-corrected chi connectivity index (χ2v) is 5.83. The Bertz CT molecular complexity index is 879. The van der Waals surface area contributed by atoms with E-state index in [-0.39, 0.29) is 23.6 Å². The SMILES string of the molecule is CCCNC(=O)CCCc1cc(O)n2nc(Oc3ccccc3)nc2n1. The van der Waals surface area contributed by atoms with E-state index in [1.807, 2.05) is 25.1 Å². The second-order valence-electron chi connectivity index (χ2n) is 5.83. The van der Waals surface area contributed by atoms with E-state index in [9.17, 15) is 9.90 Å². The molecule has 0 saturated carbocycles. The van der Waals surface area contributed by atoms with Crippen molar-refractivity contribution in [3.63, 3.8) is 0 Å². The first-order valence-corrected chi connectivity index (χ1v) is 8.61. The topological polar surface area (TPSA) is 102 Å². The summed E-state index contributed by atoms with van der Waals surface area (Å²) in [7, 11) is 0. The van der Waals surface area contributed by atoms with Gasteiger partial charge in [-0.05, 0) is 31.4 Å². The monoisotopic (exact) mass is 355 g/mol. The van der Waals surface area contributed by atoms with Gasteiger partial charge in [-0.2, -0.15) is 9.50 Å². The van der Waals surface area contributed by atoms with Gasteiger partial charge < -0.3 is 15.2 Å². The first-order chi connectivity index (χ1) is 12.7. The Hall–Kier alpha value is -3.16. The van der Waals surface area contributed by atoms with Gasteiger partial charge in [-0.15, -0.1) is 5.10 Å². The fraction of sp³-hybridized carbons (Fsp3) is 0.333. The van der Waals surface area contributed by atoms with Gasteiger partial charge in [0.05, 0.1) is 0 Å². The maximum Gasteiger partial charge on any atom is 0.343 e. The van der Waals surface area contributed by atoms with Crippen molar-refractivity contribution in [2.24, 2.45) is 0 Å². The summed E-state index contributed by atoms with van der Waals surface area (Å²) >= 11 is 0. The van der Waals surface area contributed by atoms with Gasteiger partial charge in [0.25, 0.3) is 5.78 Å². The van der Waals surface area contributed by atoms with Gasteiger partial charge >= 0.3 is 6.01 Å². The fourth-order valence-corrected chi connectivity index (χ4v) is 2.43. The first-order valence-electron chi connectivity index (χ1n) is 8.61. The van der Waals surface area contributed by atoms with Crippen LogP contribution in [0, 0.1) is 0 Å². The second kappa shape index (κ2) is 8.28. The van der Waals surface area contributed by atoms with Crippen LogP contribution in [-0.4, -0.2) is 37.1 Å². The third kappa shape index (κ3) is 4.47. The van der Waals surface area contributed by atoms with Gasteiger partial charge in [-0.3, -0.25) is 4.79 Å². The highest BCUT2D eigenvalue weighted by atomic mass is 16.5. The number of aromatic hydroxyl groups is 1. The number of aromatic nitrogens is 4. The average Bonchev–Trinajstić information content (AvgIpc) is 3.04. The number of aryl methyl sites for hydroxylation is 1. The largest absolute Gasteiger partial charge is 0.493 e. The number of hydrogen-bond acceptors (Lipinski definition) is 6. The van der Waals surface area contributed by atoms with Crippen LogP contribution in [-0.2, 0) is 11.2 Å². The van der Waals surface area contributed by atoms with Gasteiger partial charge in [0.2, 0.25) is 11.8 Å². The molecule has 0 fully saturated rings. The van der Waals surface area contributed by atoms with Crippen LogP contribution >= 0.6 is 0 Å². The predicted octanol–water partition coefficient (Wildman–Crippen LogP) is 2.47. The third-order valence-corrected chi connectivity index (χ3v) is 3.69. The highest BCUT2D eigenvalue weighted by Gasteiger charge is 2.12. The van der Waals surface area contributed by atoms with Crippen LogP contribution in [0.15, 0.2) is 36.4 Å². The molecule has 0 radical (unpaired) electrons. The summed E-state index contributed by atoms with van der Waals surface area (Å²) in [5.41, 5.74) is 0.650. The Labute approximate surface area is 150 Å². The molecule has 3 rings (SSSR count). The van der Waals surface area contributed by atoms with E-state index >= 15 is 0 Å². The lowest BCUT2D eigenvalue weighted by Gasteiger charge is -2.04. The summed E-state index contributed by atoms with van der Waals surface area (Å²) in [6, 6.07) is 10.8. The molecule has 2 heterocycles. The molecule has 0 atom stereocenters. The van der Waals surface area contributed by atoms with Crippen molar-refractivity contribution in [3.05, 3.63) is 42.1 Å². The number of nitrogens with one attached hydrogen (secondary N) is 1. The van der Waals surface area contributed by atoms with Crippen molar-refractivity contribution in [1.82, 2.24) is 24.9 Å². The van der Waals surface area contributed by atoms with E-state index < -0.39 is 0 Å². The maximum absolute atomic E-state index is 11.6. The van der Waals surface area contributed by atoms with E-state index in [0.717, 1.165) is 6.42 Å². The normalized spacial score (nSPS) is 10.8. The molecule has 0 unspecified atom stereocenters. The third-order valence-electron chi connectivity index (χ3n) is 3.69. The molecule has 1 aromatic carbocycles. The van der Waals surface area contributed by atoms with Gasteiger partial charge in [-0.1, -0.05) is 25.1 Å². The summed E-state index contributed by atoms with van der Waals surface area (Å²) in [6.45, 7) is 2.70. The van der Waals surface area contributed by atoms with Crippen LogP contribution < -0.4 is 10.1 Å². The molecule has 0 saturated heterocycles. The van der Waals surface area contributed by atoms with Crippen LogP contribution in [0.5, 0.6) is 17.6 Å². The zero-order valence-corrected chi connectivity index (χ0v) is 14.6. The molecule has 0 bridgehead atoms.